The third-order valence-corrected chi connectivity index (χ3v) is 4.71. The van der Waals surface area contributed by atoms with Crippen molar-refractivity contribution in [3.8, 4) is 6.01 Å². The van der Waals surface area contributed by atoms with Crippen LogP contribution in [0.15, 0.2) is 42.5 Å². The number of benzene rings is 2. The molecule has 1 radical (unpaired) electrons. The quantitative estimate of drug-likeness (QED) is 0.721. The number of aromatic nitrogens is 2. The summed E-state index contributed by atoms with van der Waals surface area (Å²) in [5.41, 5.74) is 2.05. The van der Waals surface area contributed by atoms with E-state index >= 15 is 0 Å². The fourth-order valence-electron chi connectivity index (χ4n) is 3.14. The van der Waals surface area contributed by atoms with E-state index in [1.54, 1.807) is 7.11 Å². The fourth-order valence-corrected chi connectivity index (χ4v) is 3.27. The van der Waals surface area contributed by atoms with Crippen LogP contribution in [0.2, 0.25) is 5.02 Å². The number of nitrogens with zero attached hydrogens (tertiary/aromatic N) is 4. The van der Waals surface area contributed by atoms with Crippen molar-refractivity contribution < 1.29 is 4.74 Å². The molecule has 1 aliphatic rings. The Kier molecular flexibility index (Phi) is 4.32. The Morgan fingerprint density at radius 1 is 1.00 bits per heavy atom. The van der Waals surface area contributed by atoms with Gasteiger partial charge in [0.15, 0.2) is 0 Å². The van der Waals surface area contributed by atoms with Crippen molar-refractivity contribution in [3.63, 3.8) is 0 Å². The van der Waals surface area contributed by atoms with Crippen molar-refractivity contribution in [1.82, 2.24) is 9.97 Å². The lowest BCUT2D eigenvalue weighted by Crippen LogP contribution is -2.47. The Morgan fingerprint density at radius 3 is 2.44 bits per heavy atom. The predicted octanol–water partition coefficient (Wildman–Crippen LogP) is 3.42. The van der Waals surface area contributed by atoms with E-state index in [4.69, 9.17) is 16.3 Å². The first-order valence-corrected chi connectivity index (χ1v) is 8.60. The fraction of sp³-hybridized carbons (Fsp3) is 0.263. The van der Waals surface area contributed by atoms with Crippen molar-refractivity contribution in [2.45, 2.75) is 0 Å². The van der Waals surface area contributed by atoms with Crippen LogP contribution in [0.4, 0.5) is 11.5 Å². The number of halogens is 1. The zero-order valence-corrected chi connectivity index (χ0v) is 14.7. The Morgan fingerprint density at radius 2 is 1.72 bits per heavy atom. The minimum absolute atomic E-state index is 0.391. The van der Waals surface area contributed by atoms with Gasteiger partial charge in [0.1, 0.15) is 5.82 Å². The molecule has 3 aromatic rings. The summed E-state index contributed by atoms with van der Waals surface area (Å²) in [7, 11) is 1.59. The Bertz CT molecular complexity index is 876. The molecule has 0 bridgehead atoms. The molecule has 127 valence electrons. The van der Waals surface area contributed by atoms with Crippen LogP contribution in [0.3, 0.4) is 0 Å². The Labute approximate surface area is 151 Å². The molecule has 0 N–H and O–H groups in total. The summed E-state index contributed by atoms with van der Waals surface area (Å²) in [6.45, 7) is 3.62. The summed E-state index contributed by atoms with van der Waals surface area (Å²) in [4.78, 5) is 13.7. The van der Waals surface area contributed by atoms with E-state index in [1.807, 2.05) is 30.3 Å². The monoisotopic (exact) mass is 353 g/mol. The third kappa shape index (κ3) is 3.20. The van der Waals surface area contributed by atoms with Gasteiger partial charge in [-0.15, -0.1) is 0 Å². The minimum atomic E-state index is 0.391. The second-order valence-corrected chi connectivity index (χ2v) is 6.36. The van der Waals surface area contributed by atoms with Crippen LogP contribution >= 0.6 is 11.6 Å². The molecule has 0 aliphatic carbocycles. The standard InChI is InChI=1S/C19H18ClN4O/c1-25-19-21-17-5-3-2-4-16(17)18(22-19)24-12-10-23(11-13-24)15-8-6-14(20)7-9-15/h2,4-9H,10-13H2,1H3. The normalized spacial score (nSPS) is 14.8. The van der Waals surface area contributed by atoms with E-state index in [0.29, 0.717) is 6.01 Å². The average Bonchev–Trinajstić information content (AvgIpc) is 2.68. The van der Waals surface area contributed by atoms with E-state index in [0.717, 1.165) is 47.9 Å². The molecular weight excluding hydrogens is 336 g/mol. The van der Waals surface area contributed by atoms with Gasteiger partial charge >= 0.3 is 6.01 Å². The number of piperazine rings is 1. The van der Waals surface area contributed by atoms with Gasteiger partial charge in [-0.2, -0.15) is 9.97 Å². The summed E-state index contributed by atoms with van der Waals surface area (Å²) in [6, 6.07) is 17.2. The van der Waals surface area contributed by atoms with Crippen molar-refractivity contribution >= 4 is 34.0 Å². The molecule has 2 heterocycles. The van der Waals surface area contributed by atoms with Crippen LogP contribution in [0.1, 0.15) is 0 Å². The van der Waals surface area contributed by atoms with Crippen molar-refractivity contribution in [1.29, 1.82) is 0 Å². The molecule has 1 aromatic heterocycles. The van der Waals surface area contributed by atoms with Gasteiger partial charge in [0.25, 0.3) is 0 Å². The molecule has 1 saturated heterocycles. The molecule has 2 aromatic carbocycles. The van der Waals surface area contributed by atoms with Gasteiger partial charge in [0.2, 0.25) is 0 Å². The highest BCUT2D eigenvalue weighted by atomic mass is 35.5. The molecule has 0 amide bonds. The van der Waals surface area contributed by atoms with Crippen molar-refractivity contribution in [2.24, 2.45) is 0 Å². The lowest BCUT2D eigenvalue weighted by molar-refractivity contribution is 0.381. The summed E-state index contributed by atoms with van der Waals surface area (Å²) >= 11 is 5.98. The minimum Gasteiger partial charge on any atom is -0.467 e. The van der Waals surface area contributed by atoms with Gasteiger partial charge in [-0.05, 0) is 42.5 Å². The van der Waals surface area contributed by atoms with Crippen LogP contribution in [-0.2, 0) is 0 Å². The number of fused-ring (bicyclic) bond motifs is 1. The third-order valence-electron chi connectivity index (χ3n) is 4.45. The average molecular weight is 354 g/mol. The number of ether oxygens (including phenoxy) is 1. The lowest BCUT2D eigenvalue weighted by atomic mass is 10.2. The molecular formula is C19H18ClN4O. The molecule has 0 saturated carbocycles. The topological polar surface area (TPSA) is 41.5 Å². The van der Waals surface area contributed by atoms with Crippen molar-refractivity contribution in [3.05, 3.63) is 53.6 Å². The maximum Gasteiger partial charge on any atom is 0.318 e. The van der Waals surface area contributed by atoms with Crippen LogP contribution in [-0.4, -0.2) is 43.3 Å². The van der Waals surface area contributed by atoms with Crippen molar-refractivity contribution in [2.75, 3.05) is 43.1 Å². The molecule has 4 rings (SSSR count). The second-order valence-electron chi connectivity index (χ2n) is 5.93. The van der Waals surface area contributed by atoms with E-state index in [9.17, 15) is 0 Å². The van der Waals surface area contributed by atoms with Crippen LogP contribution < -0.4 is 14.5 Å². The molecule has 1 fully saturated rings. The molecule has 0 spiro atoms. The van der Waals surface area contributed by atoms with Gasteiger partial charge in [0.05, 0.1) is 12.6 Å². The largest absolute Gasteiger partial charge is 0.467 e. The maximum absolute atomic E-state index is 5.98. The zero-order chi connectivity index (χ0) is 17.2. The Hall–Kier alpha value is -2.53. The number of methoxy groups -OCH3 is 1. The van der Waals surface area contributed by atoms with Crippen LogP contribution in [0.5, 0.6) is 6.01 Å². The second kappa shape index (κ2) is 6.76. The number of anilines is 2. The van der Waals surface area contributed by atoms with Gasteiger partial charge in [-0.3, -0.25) is 0 Å². The maximum atomic E-state index is 5.98. The smallest absolute Gasteiger partial charge is 0.318 e. The molecule has 0 unspecified atom stereocenters. The predicted molar refractivity (Wildman–Crippen MR) is 101 cm³/mol. The van der Waals surface area contributed by atoms with E-state index in [1.165, 1.54) is 5.69 Å². The highest BCUT2D eigenvalue weighted by Gasteiger charge is 2.21. The molecule has 25 heavy (non-hydrogen) atoms. The summed E-state index contributed by atoms with van der Waals surface area (Å²) < 4.78 is 5.27. The Balaban J connectivity index is 1.58. The van der Waals surface area contributed by atoms with Gasteiger partial charge in [0, 0.05) is 42.3 Å². The molecule has 5 nitrogen and oxygen atoms in total. The molecule has 0 atom stereocenters. The van der Waals surface area contributed by atoms with E-state index in [2.05, 4.69) is 38.0 Å². The van der Waals surface area contributed by atoms with Gasteiger partial charge in [-0.1, -0.05) is 17.7 Å². The number of rotatable bonds is 3. The summed E-state index contributed by atoms with van der Waals surface area (Å²) in [5, 5.41) is 1.79. The molecule has 1 aliphatic heterocycles. The lowest BCUT2D eigenvalue weighted by Gasteiger charge is -2.37. The summed E-state index contributed by atoms with van der Waals surface area (Å²) in [5.74, 6) is 0.923. The highest BCUT2D eigenvalue weighted by Crippen LogP contribution is 2.28. The van der Waals surface area contributed by atoms with Gasteiger partial charge < -0.3 is 14.5 Å². The highest BCUT2D eigenvalue weighted by molar-refractivity contribution is 6.30. The number of hydrogen-bond donors (Lipinski definition) is 0. The van der Waals surface area contributed by atoms with Gasteiger partial charge in [-0.25, -0.2) is 0 Å². The van der Waals surface area contributed by atoms with Crippen LogP contribution in [0.25, 0.3) is 10.9 Å². The first-order chi connectivity index (χ1) is 12.2. The van der Waals surface area contributed by atoms with E-state index in [-0.39, 0.29) is 0 Å². The SMILES string of the molecule is COc1nc(N2CCN(c3ccc(Cl)cc3)CC2)c2cc[c]cc2n1. The number of hydrogen-bond acceptors (Lipinski definition) is 5. The molecule has 6 heteroatoms. The van der Waals surface area contributed by atoms with Crippen LogP contribution in [0, 0.1) is 6.07 Å². The first-order valence-electron chi connectivity index (χ1n) is 8.22. The zero-order valence-electron chi connectivity index (χ0n) is 13.9. The van der Waals surface area contributed by atoms with E-state index < -0.39 is 0 Å². The summed E-state index contributed by atoms with van der Waals surface area (Å²) in [6.07, 6.45) is 0. The first kappa shape index (κ1) is 16.0.